The Morgan fingerprint density at radius 1 is 1.08 bits per heavy atom. The number of hydrogen-bond donors (Lipinski definition) is 1. The van der Waals surface area contributed by atoms with Crippen molar-refractivity contribution in [2.24, 2.45) is 0 Å². The summed E-state index contributed by atoms with van der Waals surface area (Å²) >= 11 is 0. The zero-order valence-electron chi connectivity index (χ0n) is 13.8. The molecule has 2 aromatic carbocycles. The van der Waals surface area contributed by atoms with Crippen LogP contribution in [0.1, 0.15) is 17.0 Å². The summed E-state index contributed by atoms with van der Waals surface area (Å²) in [6.07, 6.45) is 0. The number of methoxy groups -OCH3 is 1. The van der Waals surface area contributed by atoms with Crippen LogP contribution < -0.4 is 10.1 Å². The minimum atomic E-state index is 0.573. The summed E-state index contributed by atoms with van der Waals surface area (Å²) in [6.45, 7) is 3.76. The molecule has 1 aromatic heterocycles. The molecule has 0 amide bonds. The molecule has 0 atom stereocenters. The molecule has 3 rings (SSSR count). The van der Waals surface area contributed by atoms with E-state index in [4.69, 9.17) is 9.26 Å². The van der Waals surface area contributed by atoms with Crippen molar-refractivity contribution in [3.05, 3.63) is 59.5 Å². The first-order chi connectivity index (χ1) is 11.6. The molecule has 3 aromatic rings. The fraction of sp³-hybridized carbons (Fsp3) is 0.158. The number of nitriles is 1. The lowest BCUT2D eigenvalue weighted by Gasteiger charge is -2.10. The van der Waals surface area contributed by atoms with Crippen LogP contribution in [0.15, 0.2) is 47.0 Å². The van der Waals surface area contributed by atoms with Crippen LogP contribution in [-0.2, 0) is 0 Å². The predicted molar refractivity (Wildman–Crippen MR) is 92.4 cm³/mol. The number of benzene rings is 2. The number of aryl methyl sites for hydroxylation is 2. The van der Waals surface area contributed by atoms with Gasteiger partial charge >= 0.3 is 0 Å². The number of nitrogens with one attached hydrogen (secondary N) is 1. The molecule has 5 nitrogen and oxygen atoms in total. The fourth-order valence-electron chi connectivity index (χ4n) is 2.64. The van der Waals surface area contributed by atoms with Crippen LogP contribution in [0.4, 0.5) is 11.4 Å². The lowest BCUT2D eigenvalue weighted by molar-refractivity contribution is 0.393. The zero-order valence-corrected chi connectivity index (χ0v) is 13.8. The molecular weight excluding hydrogens is 302 g/mol. The van der Waals surface area contributed by atoms with Gasteiger partial charge in [-0.05, 0) is 61.9 Å². The number of anilines is 2. The first-order valence-corrected chi connectivity index (χ1v) is 7.50. The Morgan fingerprint density at radius 2 is 1.83 bits per heavy atom. The van der Waals surface area contributed by atoms with E-state index in [0.717, 1.165) is 39.7 Å². The Kier molecular flexibility index (Phi) is 4.21. The topological polar surface area (TPSA) is 71.1 Å². The van der Waals surface area contributed by atoms with E-state index in [2.05, 4.69) is 16.5 Å². The molecule has 0 aliphatic carbocycles. The number of ether oxygens (including phenoxy) is 1. The summed E-state index contributed by atoms with van der Waals surface area (Å²) in [7, 11) is 1.63. The molecule has 0 unspecified atom stereocenters. The van der Waals surface area contributed by atoms with E-state index in [1.807, 2.05) is 56.3 Å². The van der Waals surface area contributed by atoms with Crippen LogP contribution in [-0.4, -0.2) is 12.3 Å². The SMILES string of the molecule is COc1ccc(Nc2cc(C#N)cc(-c3c(C)noc3C)c2)cc1. The summed E-state index contributed by atoms with van der Waals surface area (Å²) < 4.78 is 10.4. The van der Waals surface area contributed by atoms with Crippen LogP contribution in [0.2, 0.25) is 0 Å². The molecule has 0 aliphatic rings. The van der Waals surface area contributed by atoms with Gasteiger partial charge in [0.15, 0.2) is 0 Å². The molecular formula is C19H17N3O2. The molecule has 0 radical (unpaired) electrons. The highest BCUT2D eigenvalue weighted by atomic mass is 16.5. The Labute approximate surface area is 140 Å². The van der Waals surface area contributed by atoms with Crippen molar-refractivity contribution in [1.29, 1.82) is 5.26 Å². The van der Waals surface area contributed by atoms with Crippen LogP contribution in [0.3, 0.4) is 0 Å². The van der Waals surface area contributed by atoms with E-state index in [0.29, 0.717) is 5.56 Å². The van der Waals surface area contributed by atoms with Gasteiger partial charge in [0.25, 0.3) is 0 Å². The fourth-order valence-corrected chi connectivity index (χ4v) is 2.64. The molecule has 120 valence electrons. The van der Waals surface area contributed by atoms with Crippen LogP contribution in [0.5, 0.6) is 5.75 Å². The number of hydrogen-bond acceptors (Lipinski definition) is 5. The maximum atomic E-state index is 9.32. The second kappa shape index (κ2) is 6.47. The predicted octanol–water partition coefficient (Wildman–Crippen LogP) is 4.58. The van der Waals surface area contributed by atoms with E-state index >= 15 is 0 Å². The molecule has 0 aliphatic heterocycles. The van der Waals surface area contributed by atoms with E-state index in [9.17, 15) is 5.26 Å². The van der Waals surface area contributed by atoms with Gasteiger partial charge in [0.05, 0.1) is 24.4 Å². The van der Waals surface area contributed by atoms with Crippen LogP contribution in [0, 0.1) is 25.2 Å². The lowest BCUT2D eigenvalue weighted by atomic mass is 10.0. The number of aromatic nitrogens is 1. The van der Waals surface area contributed by atoms with E-state index in [-0.39, 0.29) is 0 Å². The first kappa shape index (κ1) is 15.6. The highest BCUT2D eigenvalue weighted by Gasteiger charge is 2.13. The standard InChI is InChI=1S/C19H17N3O2/c1-12-19(13(2)24-22-12)15-8-14(11-20)9-17(10-15)21-16-4-6-18(23-3)7-5-16/h4-10,21H,1-3H3. The average Bonchev–Trinajstić information content (AvgIpc) is 2.94. The van der Waals surface area contributed by atoms with Gasteiger partial charge in [-0.15, -0.1) is 0 Å². The number of rotatable bonds is 4. The lowest BCUT2D eigenvalue weighted by Crippen LogP contribution is -1.93. The third-order valence-corrected chi connectivity index (χ3v) is 3.76. The zero-order chi connectivity index (χ0) is 17.1. The van der Waals surface area contributed by atoms with Crippen molar-refractivity contribution in [2.45, 2.75) is 13.8 Å². The van der Waals surface area contributed by atoms with Gasteiger partial charge in [-0.1, -0.05) is 5.16 Å². The second-order valence-electron chi connectivity index (χ2n) is 5.46. The quantitative estimate of drug-likeness (QED) is 0.762. The summed E-state index contributed by atoms with van der Waals surface area (Å²) in [5.41, 5.74) is 4.94. The Balaban J connectivity index is 1.99. The second-order valence-corrected chi connectivity index (χ2v) is 5.46. The van der Waals surface area contributed by atoms with Crippen molar-refractivity contribution in [3.8, 4) is 22.9 Å². The van der Waals surface area contributed by atoms with Gasteiger partial charge in [-0.3, -0.25) is 0 Å². The Bertz CT molecular complexity index is 886. The number of nitrogens with zero attached hydrogens (tertiary/aromatic N) is 2. The minimum absolute atomic E-state index is 0.573. The summed E-state index contributed by atoms with van der Waals surface area (Å²) in [6, 6.07) is 15.4. The Hall–Kier alpha value is -3.26. The van der Waals surface area contributed by atoms with Gasteiger partial charge in [0.2, 0.25) is 0 Å². The summed E-state index contributed by atoms with van der Waals surface area (Å²) in [5, 5.41) is 16.6. The van der Waals surface area contributed by atoms with E-state index in [1.54, 1.807) is 7.11 Å². The van der Waals surface area contributed by atoms with Crippen molar-refractivity contribution in [1.82, 2.24) is 5.16 Å². The van der Waals surface area contributed by atoms with Crippen molar-refractivity contribution < 1.29 is 9.26 Å². The van der Waals surface area contributed by atoms with Crippen molar-refractivity contribution >= 4 is 11.4 Å². The van der Waals surface area contributed by atoms with Crippen LogP contribution in [0.25, 0.3) is 11.1 Å². The normalized spacial score (nSPS) is 10.2. The maximum Gasteiger partial charge on any atom is 0.141 e. The highest BCUT2D eigenvalue weighted by Crippen LogP contribution is 2.31. The third kappa shape index (κ3) is 3.08. The van der Waals surface area contributed by atoms with E-state index in [1.165, 1.54) is 0 Å². The smallest absolute Gasteiger partial charge is 0.141 e. The van der Waals surface area contributed by atoms with Gasteiger partial charge in [0, 0.05) is 16.9 Å². The largest absolute Gasteiger partial charge is 0.497 e. The van der Waals surface area contributed by atoms with Gasteiger partial charge in [0.1, 0.15) is 11.5 Å². The molecule has 5 heteroatoms. The first-order valence-electron chi connectivity index (χ1n) is 7.50. The third-order valence-electron chi connectivity index (χ3n) is 3.76. The van der Waals surface area contributed by atoms with Gasteiger partial charge < -0.3 is 14.6 Å². The summed E-state index contributed by atoms with van der Waals surface area (Å²) in [5.74, 6) is 1.53. The van der Waals surface area contributed by atoms with Crippen molar-refractivity contribution in [3.63, 3.8) is 0 Å². The Morgan fingerprint density at radius 3 is 2.42 bits per heavy atom. The molecule has 0 saturated heterocycles. The molecule has 24 heavy (non-hydrogen) atoms. The molecule has 1 N–H and O–H groups in total. The van der Waals surface area contributed by atoms with E-state index < -0.39 is 0 Å². The molecule has 0 bridgehead atoms. The van der Waals surface area contributed by atoms with Crippen molar-refractivity contribution in [2.75, 3.05) is 12.4 Å². The van der Waals surface area contributed by atoms with Gasteiger partial charge in [-0.25, -0.2) is 0 Å². The van der Waals surface area contributed by atoms with Crippen LogP contribution >= 0.6 is 0 Å². The molecule has 0 saturated carbocycles. The monoisotopic (exact) mass is 319 g/mol. The average molecular weight is 319 g/mol. The molecule has 0 spiro atoms. The summed E-state index contributed by atoms with van der Waals surface area (Å²) in [4.78, 5) is 0. The highest BCUT2D eigenvalue weighted by molar-refractivity contribution is 5.75. The molecule has 1 heterocycles. The minimum Gasteiger partial charge on any atom is -0.497 e. The molecule has 0 fully saturated rings. The maximum absolute atomic E-state index is 9.32. The van der Waals surface area contributed by atoms with Gasteiger partial charge in [-0.2, -0.15) is 5.26 Å².